The van der Waals surface area contributed by atoms with Crippen LogP contribution in [0.5, 0.6) is 0 Å². The van der Waals surface area contributed by atoms with Gasteiger partial charge in [-0.15, -0.1) is 0 Å². The minimum absolute atomic E-state index is 0.0825. The molecule has 3 aliphatic heterocycles. The molecule has 2 saturated heterocycles. The molecule has 3 aromatic carbocycles. The maximum absolute atomic E-state index is 14.5. The van der Waals surface area contributed by atoms with Crippen LogP contribution >= 0.6 is 11.6 Å². The van der Waals surface area contributed by atoms with Gasteiger partial charge >= 0.3 is 0 Å². The number of aromatic nitrogens is 2. The number of amides is 2. The van der Waals surface area contributed by atoms with Gasteiger partial charge in [0.05, 0.1) is 39.0 Å². The molecule has 0 aliphatic carbocycles. The molecule has 0 bridgehead atoms. The average Bonchev–Trinajstić information content (AvgIpc) is 3.52. The Bertz CT molecular complexity index is 1890. The standard InChI is InChI=1S/C30H24ClN5O5/c1-15(2)13-21-24-25(28(39)34(27(24)38)16-11-12-19(31)23(14-16)36(40)41)30(33-21)18-8-4-6-10-22(18)35-26(37)17-7-3-5-9-20(17)32-29(30)35/h3-12,14-15,21,24-25,33H,13H2,1-2H3/t21-,24+,25-,30+/m1/s1. The van der Waals surface area contributed by atoms with Crippen molar-refractivity contribution in [1.29, 1.82) is 0 Å². The monoisotopic (exact) mass is 569 g/mol. The van der Waals surface area contributed by atoms with Gasteiger partial charge in [0.15, 0.2) is 0 Å². The lowest BCUT2D eigenvalue weighted by molar-refractivity contribution is -0.384. The highest BCUT2D eigenvalue weighted by atomic mass is 35.5. The highest BCUT2D eigenvalue weighted by Gasteiger charge is 2.69. The molecule has 4 aromatic rings. The van der Waals surface area contributed by atoms with Crippen molar-refractivity contribution >= 4 is 45.7 Å². The first-order valence-electron chi connectivity index (χ1n) is 13.4. The zero-order valence-electron chi connectivity index (χ0n) is 22.1. The summed E-state index contributed by atoms with van der Waals surface area (Å²) in [6.45, 7) is 4.08. The predicted octanol–water partition coefficient (Wildman–Crippen LogP) is 4.33. The van der Waals surface area contributed by atoms with Crippen molar-refractivity contribution in [2.45, 2.75) is 31.8 Å². The fourth-order valence-electron chi connectivity index (χ4n) is 6.96. The second-order valence-electron chi connectivity index (χ2n) is 11.2. The fraction of sp³-hybridized carbons (Fsp3) is 0.267. The number of nitro benzene ring substituents is 1. The number of para-hydroxylation sites is 2. The van der Waals surface area contributed by atoms with Crippen molar-refractivity contribution in [3.63, 3.8) is 0 Å². The molecule has 1 N–H and O–H groups in total. The van der Waals surface area contributed by atoms with Crippen molar-refractivity contribution in [1.82, 2.24) is 14.9 Å². The maximum Gasteiger partial charge on any atom is 0.289 e. The van der Waals surface area contributed by atoms with E-state index in [-0.39, 0.29) is 22.2 Å². The summed E-state index contributed by atoms with van der Waals surface area (Å²) >= 11 is 6.04. The van der Waals surface area contributed by atoms with Gasteiger partial charge in [0, 0.05) is 17.7 Å². The van der Waals surface area contributed by atoms with Gasteiger partial charge in [-0.25, -0.2) is 9.88 Å². The molecule has 3 aliphatic rings. The van der Waals surface area contributed by atoms with Gasteiger partial charge in [0.2, 0.25) is 11.8 Å². The van der Waals surface area contributed by atoms with Crippen molar-refractivity contribution in [2.75, 3.05) is 4.90 Å². The molecule has 4 heterocycles. The zero-order valence-corrected chi connectivity index (χ0v) is 22.8. The van der Waals surface area contributed by atoms with Gasteiger partial charge < -0.3 is 0 Å². The van der Waals surface area contributed by atoms with Crippen LogP contribution < -0.4 is 15.8 Å². The van der Waals surface area contributed by atoms with Crippen LogP contribution in [0.3, 0.4) is 0 Å². The topological polar surface area (TPSA) is 127 Å². The lowest BCUT2D eigenvalue weighted by Crippen LogP contribution is -2.50. The zero-order chi connectivity index (χ0) is 28.8. The van der Waals surface area contributed by atoms with E-state index in [1.807, 2.05) is 38.1 Å². The molecule has 7 rings (SSSR count). The molecule has 2 amide bonds. The Morgan fingerprint density at radius 1 is 1.05 bits per heavy atom. The molecule has 0 saturated carbocycles. The van der Waals surface area contributed by atoms with Gasteiger partial charge in [-0.05, 0) is 42.7 Å². The van der Waals surface area contributed by atoms with Crippen LogP contribution in [0.4, 0.5) is 11.4 Å². The minimum atomic E-state index is -1.27. The number of anilines is 1. The van der Waals surface area contributed by atoms with E-state index in [2.05, 4.69) is 5.32 Å². The molecule has 206 valence electrons. The number of hydrogen-bond acceptors (Lipinski definition) is 7. The van der Waals surface area contributed by atoms with Crippen LogP contribution in [0.25, 0.3) is 16.6 Å². The first-order chi connectivity index (χ1) is 19.6. The van der Waals surface area contributed by atoms with Crippen LogP contribution in [-0.2, 0) is 15.1 Å². The number of fused-ring (bicyclic) bond motifs is 8. The minimum Gasteiger partial charge on any atom is -0.297 e. The predicted molar refractivity (Wildman–Crippen MR) is 152 cm³/mol. The van der Waals surface area contributed by atoms with Gasteiger partial charge in [0.25, 0.3) is 11.2 Å². The second-order valence-corrected chi connectivity index (χ2v) is 11.6. The number of benzene rings is 3. The van der Waals surface area contributed by atoms with E-state index in [0.29, 0.717) is 34.4 Å². The van der Waals surface area contributed by atoms with Crippen LogP contribution in [-0.4, -0.2) is 32.3 Å². The summed E-state index contributed by atoms with van der Waals surface area (Å²) in [7, 11) is 0. The Kier molecular flexibility index (Phi) is 5.48. The van der Waals surface area contributed by atoms with E-state index in [1.165, 1.54) is 12.1 Å². The van der Waals surface area contributed by atoms with Gasteiger partial charge in [-0.1, -0.05) is 55.8 Å². The number of halogens is 1. The number of nitro groups is 1. The summed E-state index contributed by atoms with van der Waals surface area (Å²) in [6, 6.07) is 17.9. The molecule has 2 fully saturated rings. The van der Waals surface area contributed by atoms with E-state index < -0.39 is 45.8 Å². The lowest BCUT2D eigenvalue weighted by Gasteiger charge is -2.32. The van der Waals surface area contributed by atoms with Gasteiger partial charge in [-0.2, -0.15) is 0 Å². The van der Waals surface area contributed by atoms with Crippen LogP contribution in [0, 0.1) is 27.9 Å². The number of nitrogens with one attached hydrogen (secondary N) is 1. The maximum atomic E-state index is 14.5. The Hall–Kier alpha value is -4.41. The Labute approximate surface area is 238 Å². The highest BCUT2D eigenvalue weighted by Crippen LogP contribution is 2.56. The molecule has 0 radical (unpaired) electrons. The second kappa shape index (κ2) is 8.79. The SMILES string of the molecule is CC(C)C[C@H]1N[C@@]2(c3ccccc3-n3c2nc2ccccc2c3=O)[C@H]2C(=O)N(c3ccc(Cl)c([N+](=O)[O-])c3)C(=O)[C@@H]12. The summed E-state index contributed by atoms with van der Waals surface area (Å²) in [6.07, 6.45) is 0.580. The van der Waals surface area contributed by atoms with Crippen molar-refractivity contribution in [2.24, 2.45) is 17.8 Å². The van der Waals surface area contributed by atoms with E-state index in [9.17, 15) is 24.5 Å². The largest absolute Gasteiger partial charge is 0.297 e. The molecule has 1 spiro atoms. The smallest absolute Gasteiger partial charge is 0.289 e. The molecule has 4 atom stereocenters. The van der Waals surface area contributed by atoms with Crippen LogP contribution in [0.1, 0.15) is 31.7 Å². The molecule has 10 nitrogen and oxygen atoms in total. The Morgan fingerprint density at radius 2 is 1.78 bits per heavy atom. The van der Waals surface area contributed by atoms with Gasteiger partial charge in [0.1, 0.15) is 16.4 Å². The van der Waals surface area contributed by atoms with E-state index in [0.717, 1.165) is 11.0 Å². The Balaban J connectivity index is 1.50. The molecule has 1 aromatic heterocycles. The summed E-state index contributed by atoms with van der Waals surface area (Å²) in [5.41, 5.74) is -0.0757. The van der Waals surface area contributed by atoms with E-state index in [4.69, 9.17) is 16.6 Å². The quantitative estimate of drug-likeness (QED) is 0.220. The van der Waals surface area contributed by atoms with E-state index >= 15 is 0 Å². The Morgan fingerprint density at radius 3 is 2.54 bits per heavy atom. The number of carbonyl (C=O) groups excluding carboxylic acids is 2. The third-order valence-electron chi connectivity index (χ3n) is 8.47. The molecular formula is C30H24ClN5O5. The van der Waals surface area contributed by atoms with Crippen molar-refractivity contribution in [3.8, 4) is 5.69 Å². The summed E-state index contributed by atoms with van der Waals surface area (Å²) in [5.74, 6) is -2.17. The van der Waals surface area contributed by atoms with Crippen LogP contribution in [0.15, 0.2) is 71.5 Å². The first kappa shape index (κ1) is 25.6. The number of imide groups is 1. The first-order valence-corrected chi connectivity index (χ1v) is 13.7. The fourth-order valence-corrected chi connectivity index (χ4v) is 7.15. The van der Waals surface area contributed by atoms with Crippen molar-refractivity contribution in [3.05, 3.63) is 104 Å². The number of nitrogens with zero attached hydrogens (tertiary/aromatic N) is 4. The highest BCUT2D eigenvalue weighted by molar-refractivity contribution is 6.33. The molecule has 41 heavy (non-hydrogen) atoms. The number of rotatable bonds is 4. The van der Waals surface area contributed by atoms with Gasteiger partial charge in [-0.3, -0.25) is 34.4 Å². The van der Waals surface area contributed by atoms with E-state index in [1.54, 1.807) is 28.8 Å². The third kappa shape index (κ3) is 3.34. The average molecular weight is 570 g/mol. The van der Waals surface area contributed by atoms with Crippen LogP contribution in [0.2, 0.25) is 5.02 Å². The summed E-state index contributed by atoms with van der Waals surface area (Å²) in [5, 5.41) is 15.6. The normalized spacial score (nSPS) is 24.4. The summed E-state index contributed by atoms with van der Waals surface area (Å²) < 4.78 is 1.55. The summed E-state index contributed by atoms with van der Waals surface area (Å²) in [4.78, 5) is 59.5. The number of hydrogen-bond donors (Lipinski definition) is 1. The molecular weight excluding hydrogens is 546 g/mol. The number of carbonyl (C=O) groups is 2. The van der Waals surface area contributed by atoms with Crippen molar-refractivity contribution < 1.29 is 14.5 Å². The third-order valence-corrected chi connectivity index (χ3v) is 8.79. The lowest BCUT2D eigenvalue weighted by atomic mass is 9.75. The molecule has 0 unspecified atom stereocenters. The molecule has 11 heteroatoms.